The highest BCUT2D eigenvalue weighted by atomic mass is 32.1. The van der Waals surface area contributed by atoms with Gasteiger partial charge in [0.1, 0.15) is 6.10 Å². The van der Waals surface area contributed by atoms with Crippen LogP contribution in [0.25, 0.3) is 10.1 Å². The van der Waals surface area contributed by atoms with Crippen LogP contribution in [0.3, 0.4) is 0 Å². The van der Waals surface area contributed by atoms with E-state index in [1.165, 1.54) is 20.5 Å². The van der Waals surface area contributed by atoms with E-state index < -0.39 is 0 Å². The zero-order valence-corrected chi connectivity index (χ0v) is 13.5. The van der Waals surface area contributed by atoms with Gasteiger partial charge in [-0.1, -0.05) is 32.0 Å². The first kappa shape index (κ1) is 15.0. The Labute approximate surface area is 130 Å². The minimum absolute atomic E-state index is 0.278. The molecular formula is C17H23NO2S. The molecular weight excluding hydrogens is 282 g/mol. The van der Waals surface area contributed by atoms with Crippen LogP contribution < -0.4 is 5.32 Å². The number of ether oxygens (including phenoxy) is 2. The molecule has 1 aliphatic heterocycles. The summed E-state index contributed by atoms with van der Waals surface area (Å²) in [5, 5.41) is 4.89. The zero-order chi connectivity index (χ0) is 14.7. The van der Waals surface area contributed by atoms with Gasteiger partial charge in [0.2, 0.25) is 0 Å². The summed E-state index contributed by atoms with van der Waals surface area (Å²) in [5.41, 5.74) is 1.35. The maximum absolute atomic E-state index is 5.95. The Morgan fingerprint density at radius 3 is 2.86 bits per heavy atom. The summed E-state index contributed by atoms with van der Waals surface area (Å²) in [6, 6.07) is 8.61. The third-order valence-corrected chi connectivity index (χ3v) is 4.90. The van der Waals surface area contributed by atoms with E-state index >= 15 is 0 Å². The van der Waals surface area contributed by atoms with Gasteiger partial charge in [0.05, 0.1) is 19.8 Å². The van der Waals surface area contributed by atoms with E-state index in [0.717, 1.165) is 26.3 Å². The lowest BCUT2D eigenvalue weighted by atomic mass is 10.1. The van der Waals surface area contributed by atoms with Crippen molar-refractivity contribution in [1.82, 2.24) is 5.32 Å². The normalized spacial score (nSPS) is 15.8. The number of fused-ring (bicyclic) bond motifs is 1. The van der Waals surface area contributed by atoms with Crippen LogP contribution in [-0.2, 0) is 22.6 Å². The minimum Gasteiger partial charge on any atom is -0.376 e. The third-order valence-electron chi connectivity index (χ3n) is 3.69. The van der Waals surface area contributed by atoms with Gasteiger partial charge in [-0.3, -0.25) is 0 Å². The van der Waals surface area contributed by atoms with Crippen LogP contribution in [0.2, 0.25) is 0 Å². The fourth-order valence-corrected chi connectivity index (χ4v) is 3.62. The number of rotatable bonds is 7. The molecule has 0 bridgehead atoms. The summed E-state index contributed by atoms with van der Waals surface area (Å²) in [6.45, 7) is 8.61. The second kappa shape index (κ2) is 6.88. The molecule has 1 aromatic heterocycles. The van der Waals surface area contributed by atoms with Crippen LogP contribution >= 0.6 is 11.3 Å². The first-order valence-electron chi connectivity index (χ1n) is 7.63. The first-order valence-corrected chi connectivity index (χ1v) is 8.45. The van der Waals surface area contributed by atoms with E-state index in [0.29, 0.717) is 12.5 Å². The topological polar surface area (TPSA) is 30.5 Å². The molecule has 0 atom stereocenters. The Hall–Kier alpha value is -0.940. The van der Waals surface area contributed by atoms with Crippen molar-refractivity contribution in [1.29, 1.82) is 0 Å². The molecule has 0 radical (unpaired) electrons. The van der Waals surface area contributed by atoms with Gasteiger partial charge >= 0.3 is 0 Å². The number of benzene rings is 1. The quantitative estimate of drug-likeness (QED) is 0.848. The lowest BCUT2D eigenvalue weighted by molar-refractivity contribution is -0.135. The number of thiophene rings is 1. The summed E-state index contributed by atoms with van der Waals surface area (Å²) >= 11 is 1.88. The molecule has 1 saturated heterocycles. The van der Waals surface area contributed by atoms with Crippen molar-refractivity contribution in [2.45, 2.75) is 33.1 Å². The minimum atomic E-state index is 0.278. The fourth-order valence-electron chi connectivity index (χ4n) is 2.44. The smallest absolute Gasteiger partial charge is 0.105 e. The van der Waals surface area contributed by atoms with Gasteiger partial charge in [-0.2, -0.15) is 0 Å². The van der Waals surface area contributed by atoms with E-state index in [2.05, 4.69) is 43.4 Å². The molecule has 0 unspecified atom stereocenters. The van der Waals surface area contributed by atoms with Gasteiger partial charge in [0, 0.05) is 21.7 Å². The highest BCUT2D eigenvalue weighted by Gasteiger charge is 2.20. The summed E-state index contributed by atoms with van der Waals surface area (Å²) in [6.07, 6.45) is 0.278. The van der Waals surface area contributed by atoms with Gasteiger partial charge in [0.25, 0.3) is 0 Å². The highest BCUT2D eigenvalue weighted by Crippen LogP contribution is 2.32. The third kappa shape index (κ3) is 3.64. The monoisotopic (exact) mass is 305 g/mol. The Morgan fingerprint density at radius 2 is 2.14 bits per heavy atom. The van der Waals surface area contributed by atoms with Crippen LogP contribution in [0.15, 0.2) is 24.3 Å². The Balaban J connectivity index is 1.75. The summed E-state index contributed by atoms with van der Waals surface area (Å²) < 4.78 is 12.5. The Kier molecular flexibility index (Phi) is 4.91. The van der Waals surface area contributed by atoms with Gasteiger partial charge in [-0.25, -0.2) is 0 Å². The van der Waals surface area contributed by atoms with Crippen molar-refractivity contribution in [3.8, 4) is 0 Å². The molecule has 1 aromatic carbocycles. The lowest BCUT2D eigenvalue weighted by Gasteiger charge is -2.26. The van der Waals surface area contributed by atoms with Crippen LogP contribution in [0.1, 0.15) is 24.3 Å². The molecule has 3 rings (SSSR count). The predicted molar refractivity (Wildman–Crippen MR) is 87.8 cm³/mol. The van der Waals surface area contributed by atoms with Crippen LogP contribution in [-0.4, -0.2) is 25.9 Å². The van der Waals surface area contributed by atoms with Crippen LogP contribution in [0.5, 0.6) is 0 Å². The second-order valence-electron chi connectivity index (χ2n) is 6.00. The SMILES string of the molecule is CC(C)CNCc1sc2ccccc2c1COC1COC1. The number of hydrogen-bond acceptors (Lipinski definition) is 4. The first-order chi connectivity index (χ1) is 10.2. The second-order valence-corrected chi connectivity index (χ2v) is 7.13. The van der Waals surface area contributed by atoms with Crippen molar-refractivity contribution in [2.24, 2.45) is 5.92 Å². The molecule has 3 nitrogen and oxygen atoms in total. The molecule has 21 heavy (non-hydrogen) atoms. The molecule has 0 spiro atoms. The van der Waals surface area contributed by atoms with Crippen molar-refractivity contribution in [2.75, 3.05) is 19.8 Å². The van der Waals surface area contributed by atoms with Gasteiger partial charge < -0.3 is 14.8 Å². The molecule has 114 valence electrons. The average Bonchev–Trinajstić information content (AvgIpc) is 2.75. The summed E-state index contributed by atoms with van der Waals surface area (Å²) in [5.74, 6) is 0.672. The molecule has 4 heteroatoms. The molecule has 0 saturated carbocycles. The van der Waals surface area contributed by atoms with Crippen LogP contribution in [0, 0.1) is 5.92 Å². The van der Waals surface area contributed by atoms with Crippen molar-refractivity contribution in [3.05, 3.63) is 34.7 Å². The lowest BCUT2D eigenvalue weighted by Crippen LogP contribution is -2.35. The maximum atomic E-state index is 5.95. The summed E-state index contributed by atoms with van der Waals surface area (Å²) in [7, 11) is 0. The highest BCUT2D eigenvalue weighted by molar-refractivity contribution is 7.19. The van der Waals surface area contributed by atoms with Crippen molar-refractivity contribution >= 4 is 21.4 Å². The number of hydrogen-bond donors (Lipinski definition) is 1. The Bertz CT molecular complexity index is 589. The van der Waals surface area contributed by atoms with Gasteiger partial charge in [-0.05, 0) is 23.9 Å². The molecule has 0 aliphatic carbocycles. The van der Waals surface area contributed by atoms with E-state index in [4.69, 9.17) is 9.47 Å². The number of nitrogens with one attached hydrogen (secondary N) is 1. The molecule has 1 aliphatic rings. The summed E-state index contributed by atoms with van der Waals surface area (Å²) in [4.78, 5) is 1.40. The molecule has 2 aromatic rings. The largest absolute Gasteiger partial charge is 0.376 e. The van der Waals surface area contributed by atoms with E-state index in [1.54, 1.807) is 0 Å². The van der Waals surface area contributed by atoms with Crippen molar-refractivity contribution < 1.29 is 9.47 Å². The molecule has 1 fully saturated rings. The standard InChI is InChI=1S/C17H23NO2S/c1-12(2)7-18-8-17-15(11-20-13-9-19-10-13)14-5-3-4-6-16(14)21-17/h3-6,12-13,18H,7-11H2,1-2H3. The molecule has 2 heterocycles. The Morgan fingerprint density at radius 1 is 1.33 bits per heavy atom. The predicted octanol–water partition coefficient (Wildman–Crippen LogP) is 3.56. The average molecular weight is 305 g/mol. The maximum Gasteiger partial charge on any atom is 0.105 e. The molecule has 1 N–H and O–H groups in total. The van der Waals surface area contributed by atoms with E-state index in [1.807, 2.05) is 11.3 Å². The molecule has 0 amide bonds. The van der Waals surface area contributed by atoms with E-state index in [-0.39, 0.29) is 6.10 Å². The van der Waals surface area contributed by atoms with E-state index in [9.17, 15) is 0 Å². The van der Waals surface area contributed by atoms with Gasteiger partial charge in [0.15, 0.2) is 0 Å². The zero-order valence-electron chi connectivity index (χ0n) is 12.7. The fraction of sp³-hybridized carbons (Fsp3) is 0.529. The van der Waals surface area contributed by atoms with Gasteiger partial charge in [-0.15, -0.1) is 11.3 Å². The van der Waals surface area contributed by atoms with Crippen LogP contribution in [0.4, 0.5) is 0 Å². The van der Waals surface area contributed by atoms with Crippen molar-refractivity contribution in [3.63, 3.8) is 0 Å².